The van der Waals surface area contributed by atoms with Gasteiger partial charge in [-0.1, -0.05) is 13.0 Å². The van der Waals surface area contributed by atoms with Crippen molar-refractivity contribution in [2.45, 2.75) is 38.4 Å². The lowest BCUT2D eigenvalue weighted by Crippen LogP contribution is -2.38. The maximum atomic E-state index is 13.4. The van der Waals surface area contributed by atoms with Gasteiger partial charge in [0.2, 0.25) is 0 Å². The number of allylic oxidation sites excluding steroid dienone is 2. The van der Waals surface area contributed by atoms with Gasteiger partial charge in [-0.25, -0.2) is 4.39 Å². The van der Waals surface area contributed by atoms with E-state index in [9.17, 15) is 4.39 Å². The Bertz CT molecular complexity index is 619. The molecule has 4 nitrogen and oxygen atoms in total. The van der Waals surface area contributed by atoms with E-state index in [1.165, 1.54) is 12.1 Å². The first-order valence-corrected chi connectivity index (χ1v) is 7.71. The minimum absolute atomic E-state index is 0.297. The Balaban J connectivity index is 1.97. The van der Waals surface area contributed by atoms with Crippen molar-refractivity contribution < 1.29 is 13.9 Å². The molecular formula is C17H21FN2O2. The molecule has 2 aliphatic rings. The van der Waals surface area contributed by atoms with Crippen LogP contribution in [0.15, 0.2) is 40.5 Å². The van der Waals surface area contributed by atoms with Crippen molar-refractivity contribution >= 4 is 11.4 Å². The Labute approximate surface area is 129 Å². The summed E-state index contributed by atoms with van der Waals surface area (Å²) >= 11 is 0. The van der Waals surface area contributed by atoms with Crippen molar-refractivity contribution in [1.29, 1.82) is 0 Å². The van der Waals surface area contributed by atoms with Crippen molar-refractivity contribution in [1.82, 2.24) is 0 Å². The number of nitrogens with two attached hydrogens (primary N) is 1. The fraction of sp³-hybridized carbons (Fsp3) is 0.471. The average Bonchev–Trinajstić information content (AvgIpc) is 2.95. The van der Waals surface area contributed by atoms with Gasteiger partial charge in [0, 0.05) is 18.5 Å². The van der Waals surface area contributed by atoms with Crippen LogP contribution in [0.2, 0.25) is 0 Å². The Morgan fingerprint density at radius 1 is 1.36 bits per heavy atom. The van der Waals surface area contributed by atoms with Gasteiger partial charge >= 0.3 is 0 Å². The third kappa shape index (κ3) is 3.05. The predicted molar refractivity (Wildman–Crippen MR) is 83.5 cm³/mol. The summed E-state index contributed by atoms with van der Waals surface area (Å²) in [6.07, 6.45) is 2.88. The van der Waals surface area contributed by atoms with Crippen LogP contribution in [0.3, 0.4) is 0 Å². The van der Waals surface area contributed by atoms with Crippen LogP contribution in [-0.2, 0) is 9.47 Å². The van der Waals surface area contributed by atoms with Gasteiger partial charge in [0.1, 0.15) is 5.82 Å². The van der Waals surface area contributed by atoms with E-state index in [0.29, 0.717) is 25.3 Å². The fourth-order valence-electron chi connectivity index (χ4n) is 3.02. The van der Waals surface area contributed by atoms with Crippen LogP contribution in [0, 0.1) is 5.82 Å². The molecule has 0 bridgehead atoms. The third-order valence-corrected chi connectivity index (χ3v) is 4.20. The fourth-order valence-corrected chi connectivity index (χ4v) is 3.02. The number of hydrogen-bond donors (Lipinski definition) is 1. The van der Waals surface area contributed by atoms with Crippen molar-refractivity contribution in [2.75, 3.05) is 13.2 Å². The number of ether oxygens (including phenoxy) is 2. The molecule has 2 fully saturated rings. The molecule has 5 heteroatoms. The van der Waals surface area contributed by atoms with Gasteiger partial charge in [-0.2, -0.15) is 0 Å². The molecule has 1 aliphatic carbocycles. The molecule has 3 rings (SSSR count). The highest BCUT2D eigenvalue weighted by Gasteiger charge is 2.42. The number of rotatable bonds is 2. The first-order valence-electron chi connectivity index (χ1n) is 7.71. The lowest BCUT2D eigenvalue weighted by molar-refractivity contribution is -0.157. The van der Waals surface area contributed by atoms with Crippen LogP contribution in [0.1, 0.15) is 32.6 Å². The lowest BCUT2D eigenvalue weighted by atomic mass is 9.86. The molecule has 1 saturated carbocycles. The molecule has 0 amide bonds. The number of nitrogens with zero attached hydrogens (tertiary/aromatic N) is 1. The molecule has 118 valence electrons. The van der Waals surface area contributed by atoms with E-state index in [-0.39, 0.29) is 5.82 Å². The molecule has 1 saturated heterocycles. The Hall–Kier alpha value is -1.72. The van der Waals surface area contributed by atoms with Crippen LogP contribution < -0.4 is 5.73 Å². The number of aliphatic imine (C=N–C) groups is 1. The second kappa shape index (κ2) is 6.18. The smallest absolute Gasteiger partial charge is 0.174 e. The van der Waals surface area contributed by atoms with Gasteiger partial charge in [0.05, 0.1) is 24.6 Å². The van der Waals surface area contributed by atoms with E-state index < -0.39 is 5.79 Å². The predicted octanol–water partition coefficient (Wildman–Crippen LogP) is 3.45. The lowest BCUT2D eigenvalue weighted by Gasteiger charge is -2.34. The van der Waals surface area contributed by atoms with Crippen molar-refractivity contribution in [3.8, 4) is 0 Å². The summed E-state index contributed by atoms with van der Waals surface area (Å²) in [4.78, 5) is 4.63. The van der Waals surface area contributed by atoms with E-state index in [1.807, 2.05) is 6.92 Å². The average molecular weight is 304 g/mol. The highest BCUT2D eigenvalue weighted by Crippen LogP contribution is 2.38. The minimum Gasteiger partial charge on any atom is -0.402 e. The Morgan fingerprint density at radius 2 is 2.14 bits per heavy atom. The summed E-state index contributed by atoms with van der Waals surface area (Å²) < 4.78 is 25.0. The molecule has 1 aliphatic heterocycles. The second-order valence-corrected chi connectivity index (χ2v) is 5.68. The van der Waals surface area contributed by atoms with Gasteiger partial charge < -0.3 is 15.2 Å². The van der Waals surface area contributed by atoms with Crippen LogP contribution >= 0.6 is 0 Å². The molecule has 22 heavy (non-hydrogen) atoms. The number of hydrogen-bond acceptors (Lipinski definition) is 4. The molecule has 1 spiro atoms. The standard InChI is InChI=1S/C17H21FN2O2/c1-2-15(19)14-6-7-17(21-8-9-22-17)11-16(14)20-13-5-3-4-12(18)10-13/h3-5,10H,2,6-9,11,19H2,1H3/b15-14-,20-16?. The van der Waals surface area contributed by atoms with Crippen LogP contribution in [0.4, 0.5) is 10.1 Å². The maximum absolute atomic E-state index is 13.4. The highest BCUT2D eigenvalue weighted by molar-refractivity contribution is 6.03. The van der Waals surface area contributed by atoms with Gasteiger partial charge in [0.25, 0.3) is 0 Å². The minimum atomic E-state index is -0.580. The van der Waals surface area contributed by atoms with E-state index >= 15 is 0 Å². The largest absolute Gasteiger partial charge is 0.402 e. The van der Waals surface area contributed by atoms with Gasteiger partial charge in [-0.15, -0.1) is 0 Å². The molecule has 1 aromatic rings. The monoisotopic (exact) mass is 304 g/mol. The molecular weight excluding hydrogens is 283 g/mol. The zero-order chi connectivity index (χ0) is 15.6. The second-order valence-electron chi connectivity index (χ2n) is 5.68. The number of benzene rings is 1. The molecule has 0 unspecified atom stereocenters. The van der Waals surface area contributed by atoms with E-state index in [1.54, 1.807) is 12.1 Å². The molecule has 0 atom stereocenters. The van der Waals surface area contributed by atoms with Crippen molar-refractivity contribution in [3.05, 3.63) is 41.4 Å². The molecule has 0 radical (unpaired) electrons. The third-order valence-electron chi connectivity index (χ3n) is 4.20. The van der Waals surface area contributed by atoms with E-state index in [2.05, 4.69) is 4.99 Å². The Morgan fingerprint density at radius 3 is 2.82 bits per heavy atom. The number of halogens is 1. The summed E-state index contributed by atoms with van der Waals surface area (Å²) in [5, 5.41) is 0. The van der Waals surface area contributed by atoms with E-state index in [4.69, 9.17) is 15.2 Å². The van der Waals surface area contributed by atoms with Gasteiger partial charge in [0.15, 0.2) is 5.79 Å². The van der Waals surface area contributed by atoms with Crippen molar-refractivity contribution in [2.24, 2.45) is 10.7 Å². The quantitative estimate of drug-likeness (QED) is 0.910. The first-order chi connectivity index (χ1) is 10.6. The normalized spacial score (nSPS) is 24.9. The summed E-state index contributed by atoms with van der Waals surface area (Å²) in [7, 11) is 0. The van der Waals surface area contributed by atoms with Gasteiger partial charge in [-0.3, -0.25) is 4.99 Å². The maximum Gasteiger partial charge on any atom is 0.174 e. The summed E-state index contributed by atoms with van der Waals surface area (Å²) in [5.41, 5.74) is 9.48. The van der Waals surface area contributed by atoms with Crippen LogP contribution in [-0.4, -0.2) is 24.7 Å². The topological polar surface area (TPSA) is 56.8 Å². The zero-order valence-corrected chi connectivity index (χ0v) is 12.8. The molecule has 1 heterocycles. The summed E-state index contributed by atoms with van der Waals surface area (Å²) in [6.45, 7) is 3.24. The molecule has 1 aromatic carbocycles. The SMILES string of the molecule is CC/C(N)=C1\CCC2(CC1=Nc1cccc(F)c1)OCCO2. The molecule has 2 N–H and O–H groups in total. The van der Waals surface area contributed by atoms with Crippen LogP contribution in [0.25, 0.3) is 0 Å². The van der Waals surface area contributed by atoms with Gasteiger partial charge in [-0.05, 0) is 36.6 Å². The summed E-state index contributed by atoms with van der Waals surface area (Å²) in [6, 6.07) is 6.27. The highest BCUT2D eigenvalue weighted by atomic mass is 19.1. The first kappa shape index (κ1) is 15.2. The zero-order valence-electron chi connectivity index (χ0n) is 12.8. The Kier molecular flexibility index (Phi) is 4.27. The van der Waals surface area contributed by atoms with Crippen LogP contribution in [0.5, 0.6) is 0 Å². The molecule has 0 aromatic heterocycles. The summed E-state index contributed by atoms with van der Waals surface area (Å²) in [5.74, 6) is -0.876. The van der Waals surface area contributed by atoms with Crippen molar-refractivity contribution in [3.63, 3.8) is 0 Å². The van der Waals surface area contributed by atoms with E-state index in [0.717, 1.165) is 36.2 Å².